The molecule has 0 aliphatic carbocycles. The molecule has 1 saturated heterocycles. The van der Waals surface area contributed by atoms with E-state index in [0.29, 0.717) is 47.7 Å². The molecule has 1 aliphatic heterocycles. The van der Waals surface area contributed by atoms with Crippen LogP contribution in [0.3, 0.4) is 0 Å². The lowest BCUT2D eigenvalue weighted by molar-refractivity contribution is 0.0328. The molecule has 2 atom stereocenters. The number of amides is 2. The summed E-state index contributed by atoms with van der Waals surface area (Å²) < 4.78 is 13.1. The minimum atomic E-state index is -0.523. The Hall–Kier alpha value is -3.32. The van der Waals surface area contributed by atoms with Crippen molar-refractivity contribution in [3.63, 3.8) is 0 Å². The molecule has 1 aliphatic rings. The third kappa shape index (κ3) is 5.20. The second-order valence-electron chi connectivity index (χ2n) is 7.93. The van der Waals surface area contributed by atoms with Gasteiger partial charge in [0.1, 0.15) is 0 Å². The number of carbonyl (C=O) groups is 1. The van der Waals surface area contributed by atoms with E-state index in [1.807, 2.05) is 6.92 Å². The summed E-state index contributed by atoms with van der Waals surface area (Å²) >= 11 is 12.4. The number of urea groups is 1. The van der Waals surface area contributed by atoms with Crippen LogP contribution in [-0.2, 0) is 9.47 Å². The van der Waals surface area contributed by atoms with Gasteiger partial charge in [0, 0.05) is 18.6 Å². The van der Waals surface area contributed by atoms with Gasteiger partial charge in [-0.25, -0.2) is 19.3 Å². The van der Waals surface area contributed by atoms with Crippen LogP contribution in [0.1, 0.15) is 25.1 Å². The zero-order valence-corrected chi connectivity index (χ0v) is 20.1. The smallest absolute Gasteiger partial charge is 0.323 e. The summed E-state index contributed by atoms with van der Waals surface area (Å²) in [5, 5.41) is 18.4. The van der Waals surface area contributed by atoms with E-state index < -0.39 is 12.1 Å². The number of halogens is 2. The molecule has 1 fully saturated rings. The molecule has 5 rings (SSSR count). The number of ether oxygens (including phenoxy) is 2. The van der Waals surface area contributed by atoms with Crippen LogP contribution >= 0.6 is 23.2 Å². The van der Waals surface area contributed by atoms with E-state index in [2.05, 4.69) is 35.9 Å². The summed E-state index contributed by atoms with van der Waals surface area (Å²) in [6.45, 7) is 3.82. The molecule has 35 heavy (non-hydrogen) atoms. The lowest BCUT2D eigenvalue weighted by atomic mass is 10.1. The fourth-order valence-electron chi connectivity index (χ4n) is 3.74. The highest BCUT2D eigenvalue weighted by Gasteiger charge is 2.23. The molecule has 12 nitrogen and oxygen atoms in total. The van der Waals surface area contributed by atoms with Crippen molar-refractivity contribution in [1.82, 2.24) is 34.6 Å². The maximum atomic E-state index is 12.8. The van der Waals surface area contributed by atoms with Crippen LogP contribution in [0.5, 0.6) is 0 Å². The molecule has 0 bridgehead atoms. The van der Waals surface area contributed by atoms with Crippen molar-refractivity contribution >= 4 is 46.3 Å². The number of nitrogens with zero attached hydrogens (tertiary/aromatic N) is 7. The molecule has 2 amide bonds. The second-order valence-corrected chi connectivity index (χ2v) is 8.72. The van der Waals surface area contributed by atoms with Crippen molar-refractivity contribution in [2.75, 3.05) is 30.5 Å². The van der Waals surface area contributed by atoms with E-state index in [1.165, 1.54) is 23.4 Å². The number of hydrogen-bond acceptors (Lipinski definition) is 8. The SMILES string of the molecule is C[C@H](OC[C@H]1CCOC1)c1c(NC(=O)Nc2cnc(-n3nccn3)c(Cl)c2)cnc2cc(Cl)nn12. The highest BCUT2D eigenvalue weighted by atomic mass is 35.5. The van der Waals surface area contributed by atoms with Crippen LogP contribution in [0.4, 0.5) is 16.2 Å². The number of nitrogens with one attached hydrogen (secondary N) is 2. The van der Waals surface area contributed by atoms with Crippen molar-refractivity contribution < 1.29 is 14.3 Å². The third-order valence-electron chi connectivity index (χ3n) is 5.42. The summed E-state index contributed by atoms with van der Waals surface area (Å²) in [4.78, 5) is 22.7. The monoisotopic (exact) mass is 517 g/mol. The average molecular weight is 518 g/mol. The zero-order valence-electron chi connectivity index (χ0n) is 18.6. The number of anilines is 2. The molecular weight excluding hydrogens is 497 g/mol. The van der Waals surface area contributed by atoms with Gasteiger partial charge in [0.2, 0.25) is 0 Å². The molecule has 0 spiro atoms. The maximum absolute atomic E-state index is 12.8. The van der Waals surface area contributed by atoms with Gasteiger partial charge in [-0.3, -0.25) is 0 Å². The molecule has 5 heterocycles. The Labute approximate surface area is 209 Å². The second kappa shape index (κ2) is 10.1. The van der Waals surface area contributed by atoms with Crippen LogP contribution in [0, 0.1) is 5.92 Å². The van der Waals surface area contributed by atoms with Gasteiger partial charge < -0.3 is 20.1 Å². The fourth-order valence-corrected chi connectivity index (χ4v) is 4.16. The minimum absolute atomic E-state index is 0.270. The maximum Gasteiger partial charge on any atom is 0.323 e. The predicted molar refractivity (Wildman–Crippen MR) is 128 cm³/mol. The van der Waals surface area contributed by atoms with Crippen LogP contribution in [0.2, 0.25) is 10.2 Å². The minimum Gasteiger partial charge on any atom is -0.381 e. The van der Waals surface area contributed by atoms with Crippen molar-refractivity contribution in [2.24, 2.45) is 5.92 Å². The Morgan fingerprint density at radius 1 is 1.23 bits per heavy atom. The molecule has 0 unspecified atom stereocenters. The third-order valence-corrected chi connectivity index (χ3v) is 5.88. The molecule has 0 radical (unpaired) electrons. The fraction of sp³-hybridized carbons (Fsp3) is 0.333. The Morgan fingerprint density at radius 3 is 2.80 bits per heavy atom. The molecule has 2 N–H and O–H groups in total. The van der Waals surface area contributed by atoms with Gasteiger partial charge in [-0.05, 0) is 19.4 Å². The van der Waals surface area contributed by atoms with Crippen molar-refractivity contribution in [2.45, 2.75) is 19.4 Å². The largest absolute Gasteiger partial charge is 0.381 e. The number of fused-ring (bicyclic) bond motifs is 1. The van der Waals surface area contributed by atoms with Gasteiger partial charge in [0.15, 0.2) is 16.6 Å². The van der Waals surface area contributed by atoms with Gasteiger partial charge in [0.05, 0.1) is 66.2 Å². The summed E-state index contributed by atoms with van der Waals surface area (Å²) in [5.74, 6) is 0.668. The molecule has 0 saturated carbocycles. The van der Waals surface area contributed by atoms with Crippen LogP contribution < -0.4 is 10.6 Å². The van der Waals surface area contributed by atoms with Crippen molar-refractivity contribution in [3.05, 3.63) is 52.8 Å². The summed E-state index contributed by atoms with van der Waals surface area (Å²) in [6, 6.07) is 2.67. The summed E-state index contributed by atoms with van der Waals surface area (Å²) in [5.41, 5.74) is 1.94. The lowest BCUT2D eigenvalue weighted by Crippen LogP contribution is -2.23. The Bertz CT molecular complexity index is 1340. The van der Waals surface area contributed by atoms with Crippen LogP contribution in [-0.4, -0.2) is 60.4 Å². The van der Waals surface area contributed by atoms with Gasteiger partial charge in [-0.15, -0.1) is 4.80 Å². The van der Waals surface area contributed by atoms with E-state index in [1.54, 1.807) is 22.8 Å². The number of hydrogen-bond donors (Lipinski definition) is 2. The Kier molecular flexibility index (Phi) is 6.77. The van der Waals surface area contributed by atoms with Gasteiger partial charge >= 0.3 is 6.03 Å². The molecule has 0 aromatic carbocycles. The summed E-state index contributed by atoms with van der Waals surface area (Å²) in [7, 11) is 0. The lowest BCUT2D eigenvalue weighted by Gasteiger charge is -2.20. The highest BCUT2D eigenvalue weighted by molar-refractivity contribution is 6.32. The topological polar surface area (TPSA) is 133 Å². The zero-order chi connectivity index (χ0) is 24.4. The standard InChI is InChI=1S/C21H21Cl2N9O3/c1-12(35-11-13-2-5-34-10-13)19-16(9-24-18-7-17(23)30-31(18)19)29-21(33)28-14-6-15(22)20(25-8-14)32-26-3-4-27-32/h3-4,6-9,12-13H,2,5,10-11H2,1H3,(H2,28,29,33)/t12-,13-/m0/s1. The molecular formula is C21H21Cl2N9O3. The van der Waals surface area contributed by atoms with E-state index in [9.17, 15) is 4.79 Å². The molecule has 4 aromatic heterocycles. The number of pyridine rings is 1. The summed E-state index contributed by atoms with van der Waals surface area (Å²) in [6.07, 6.45) is 6.56. The van der Waals surface area contributed by atoms with Crippen molar-refractivity contribution in [3.8, 4) is 5.82 Å². The van der Waals surface area contributed by atoms with Crippen molar-refractivity contribution in [1.29, 1.82) is 0 Å². The molecule has 14 heteroatoms. The van der Waals surface area contributed by atoms with Gasteiger partial charge in [-0.1, -0.05) is 23.2 Å². The first-order valence-electron chi connectivity index (χ1n) is 10.8. The van der Waals surface area contributed by atoms with E-state index in [4.69, 9.17) is 32.7 Å². The average Bonchev–Trinajstić information content (AvgIpc) is 3.59. The Balaban J connectivity index is 1.34. The highest BCUT2D eigenvalue weighted by Crippen LogP contribution is 2.28. The first-order valence-corrected chi connectivity index (χ1v) is 11.6. The predicted octanol–water partition coefficient (Wildman–Crippen LogP) is 3.77. The first kappa shape index (κ1) is 23.4. The quantitative estimate of drug-likeness (QED) is 0.378. The Morgan fingerprint density at radius 2 is 2.06 bits per heavy atom. The number of rotatable bonds is 7. The van der Waals surface area contributed by atoms with E-state index >= 15 is 0 Å². The van der Waals surface area contributed by atoms with Crippen LogP contribution in [0.25, 0.3) is 11.5 Å². The molecule has 182 valence electrons. The van der Waals surface area contributed by atoms with E-state index in [0.717, 1.165) is 13.0 Å². The van der Waals surface area contributed by atoms with Crippen LogP contribution in [0.15, 0.2) is 36.9 Å². The van der Waals surface area contributed by atoms with Gasteiger partial charge in [0.25, 0.3) is 0 Å². The normalized spacial score (nSPS) is 16.5. The number of aromatic nitrogens is 7. The van der Waals surface area contributed by atoms with E-state index in [-0.39, 0.29) is 10.2 Å². The first-order chi connectivity index (χ1) is 17.0. The molecule has 4 aromatic rings. The number of carbonyl (C=O) groups excluding carboxylic acids is 1. The van der Waals surface area contributed by atoms with Gasteiger partial charge in [-0.2, -0.15) is 15.3 Å².